The first kappa shape index (κ1) is 17.8. The monoisotopic (exact) mass is 335 g/mol. The maximum atomic E-state index is 12.5. The van der Waals surface area contributed by atoms with Gasteiger partial charge in [0.2, 0.25) is 11.8 Å². The lowest BCUT2D eigenvalue weighted by atomic mass is 9.91. The lowest BCUT2D eigenvalue weighted by molar-refractivity contribution is -0.142. The number of hydrogen-bond donors (Lipinski definition) is 1. The molecule has 0 bridgehead atoms. The molecule has 2 amide bonds. The summed E-state index contributed by atoms with van der Waals surface area (Å²) < 4.78 is 0. The van der Waals surface area contributed by atoms with Crippen molar-refractivity contribution in [3.8, 4) is 0 Å². The van der Waals surface area contributed by atoms with Gasteiger partial charge in [-0.2, -0.15) is 0 Å². The Hall–Kier alpha value is -1.56. The molecule has 1 aromatic heterocycles. The molecule has 1 saturated heterocycles. The molecule has 0 aliphatic carbocycles. The second-order valence-corrected chi connectivity index (χ2v) is 7.75. The third kappa shape index (κ3) is 4.70. The van der Waals surface area contributed by atoms with Crippen LogP contribution in [0, 0.1) is 11.3 Å². The normalized spacial score (nSPS) is 18.6. The van der Waals surface area contributed by atoms with Gasteiger partial charge >= 0.3 is 0 Å². The van der Waals surface area contributed by atoms with Gasteiger partial charge in [-0.15, -0.1) is 11.8 Å². The van der Waals surface area contributed by atoms with Crippen LogP contribution < -0.4 is 5.32 Å². The Labute approximate surface area is 142 Å². The second-order valence-electron chi connectivity index (χ2n) is 6.92. The van der Waals surface area contributed by atoms with Crippen molar-refractivity contribution in [3.63, 3.8) is 0 Å². The Bertz CT molecular complexity index is 566. The number of carbonyl (C=O) groups is 2. The van der Waals surface area contributed by atoms with E-state index in [0.29, 0.717) is 12.2 Å². The van der Waals surface area contributed by atoms with Crippen molar-refractivity contribution in [2.75, 3.05) is 24.7 Å². The van der Waals surface area contributed by atoms with Crippen molar-refractivity contribution in [1.82, 2.24) is 9.88 Å². The van der Waals surface area contributed by atoms with Crippen molar-refractivity contribution in [1.29, 1.82) is 0 Å². The molecule has 0 spiro atoms. The number of aromatic nitrogens is 1. The zero-order valence-electron chi connectivity index (χ0n) is 14.3. The highest BCUT2D eigenvalue weighted by molar-refractivity contribution is 7.98. The summed E-state index contributed by atoms with van der Waals surface area (Å²) in [5.41, 5.74) is 0.294. The van der Waals surface area contributed by atoms with Crippen LogP contribution in [0.1, 0.15) is 33.6 Å². The molecule has 6 heteroatoms. The maximum absolute atomic E-state index is 12.5. The van der Waals surface area contributed by atoms with Crippen LogP contribution in [-0.4, -0.2) is 41.0 Å². The predicted octanol–water partition coefficient (Wildman–Crippen LogP) is 3.03. The summed E-state index contributed by atoms with van der Waals surface area (Å²) >= 11 is 1.56. The average molecular weight is 335 g/mol. The van der Waals surface area contributed by atoms with E-state index < -0.39 is 5.41 Å². The molecule has 2 rings (SSSR count). The first-order chi connectivity index (χ1) is 10.8. The van der Waals surface area contributed by atoms with Gasteiger partial charge in [-0.1, -0.05) is 20.8 Å². The van der Waals surface area contributed by atoms with Crippen LogP contribution in [-0.2, 0) is 9.59 Å². The molecule has 2 heterocycles. The topological polar surface area (TPSA) is 62.3 Å². The van der Waals surface area contributed by atoms with Crippen LogP contribution in [0.25, 0.3) is 0 Å². The molecule has 5 nitrogen and oxygen atoms in total. The summed E-state index contributed by atoms with van der Waals surface area (Å²) in [5.74, 6) is -0.0774. The Morgan fingerprint density at radius 1 is 1.35 bits per heavy atom. The summed E-state index contributed by atoms with van der Waals surface area (Å²) in [6, 6.07) is 3.74. The molecule has 0 radical (unpaired) electrons. The second kappa shape index (κ2) is 7.34. The van der Waals surface area contributed by atoms with Crippen LogP contribution in [0.15, 0.2) is 23.4 Å². The molecule has 0 saturated carbocycles. The fourth-order valence-electron chi connectivity index (χ4n) is 2.67. The van der Waals surface area contributed by atoms with Gasteiger partial charge in [-0.25, -0.2) is 4.98 Å². The molecule has 1 aliphatic rings. The number of piperidine rings is 1. The Balaban J connectivity index is 1.97. The van der Waals surface area contributed by atoms with Gasteiger partial charge in [0.1, 0.15) is 0 Å². The van der Waals surface area contributed by atoms with E-state index in [1.807, 2.05) is 44.1 Å². The minimum Gasteiger partial charge on any atom is -0.341 e. The maximum Gasteiger partial charge on any atom is 0.229 e. The lowest BCUT2D eigenvalue weighted by Gasteiger charge is -2.35. The largest absolute Gasteiger partial charge is 0.341 e. The minimum atomic E-state index is -0.407. The number of nitrogens with one attached hydrogen (secondary N) is 1. The van der Waals surface area contributed by atoms with E-state index in [9.17, 15) is 9.59 Å². The summed E-state index contributed by atoms with van der Waals surface area (Å²) in [4.78, 5) is 30.9. The van der Waals surface area contributed by atoms with Crippen LogP contribution in [0.2, 0.25) is 0 Å². The molecule has 1 aliphatic heterocycles. The molecule has 1 fully saturated rings. The van der Waals surface area contributed by atoms with Crippen LogP contribution in [0.5, 0.6) is 0 Å². The van der Waals surface area contributed by atoms with E-state index in [-0.39, 0.29) is 17.7 Å². The first-order valence-electron chi connectivity index (χ1n) is 7.91. The molecular weight excluding hydrogens is 310 g/mol. The lowest BCUT2D eigenvalue weighted by Crippen LogP contribution is -2.47. The third-order valence-electron chi connectivity index (χ3n) is 3.93. The molecule has 1 atom stereocenters. The zero-order chi connectivity index (χ0) is 17.0. The van der Waals surface area contributed by atoms with Crippen molar-refractivity contribution < 1.29 is 9.59 Å². The summed E-state index contributed by atoms with van der Waals surface area (Å²) in [6.45, 7) is 6.98. The van der Waals surface area contributed by atoms with Gasteiger partial charge in [0, 0.05) is 18.5 Å². The number of carbonyl (C=O) groups excluding carboxylic acids is 2. The number of pyridine rings is 1. The van der Waals surface area contributed by atoms with Crippen LogP contribution >= 0.6 is 11.8 Å². The van der Waals surface area contributed by atoms with Gasteiger partial charge in [0.25, 0.3) is 0 Å². The standard InChI is InChI=1S/C17H25N3O2S/c1-17(2,3)16(22)20-9-5-6-12(11-20)15(21)19-13-7-8-14(23-4)18-10-13/h7-8,10,12H,5-6,9,11H2,1-4H3,(H,19,21). The SMILES string of the molecule is CSc1ccc(NC(=O)C2CCCN(C(=O)C(C)(C)C)C2)cn1. The van der Waals surface area contributed by atoms with Gasteiger partial charge in [0.05, 0.1) is 22.8 Å². The highest BCUT2D eigenvalue weighted by Crippen LogP contribution is 2.24. The van der Waals surface area contributed by atoms with Gasteiger partial charge in [0.15, 0.2) is 0 Å². The van der Waals surface area contributed by atoms with Crippen molar-refractivity contribution >= 4 is 29.3 Å². The van der Waals surface area contributed by atoms with E-state index in [4.69, 9.17) is 0 Å². The number of thioether (sulfide) groups is 1. The van der Waals surface area contributed by atoms with Gasteiger partial charge in [-0.05, 0) is 31.2 Å². The molecule has 126 valence electrons. The Kier molecular flexibility index (Phi) is 5.68. The number of amides is 2. The van der Waals surface area contributed by atoms with E-state index in [1.54, 1.807) is 18.0 Å². The molecular formula is C17H25N3O2S. The molecule has 1 N–H and O–H groups in total. The Morgan fingerprint density at radius 3 is 2.65 bits per heavy atom. The molecule has 23 heavy (non-hydrogen) atoms. The molecule has 1 unspecified atom stereocenters. The van der Waals surface area contributed by atoms with Crippen molar-refractivity contribution in [3.05, 3.63) is 18.3 Å². The number of rotatable bonds is 3. The quantitative estimate of drug-likeness (QED) is 0.863. The molecule has 0 aromatic carbocycles. The number of likely N-dealkylation sites (tertiary alicyclic amines) is 1. The van der Waals surface area contributed by atoms with Gasteiger partial charge in [-0.3, -0.25) is 9.59 Å². The average Bonchev–Trinajstić information content (AvgIpc) is 2.54. The number of anilines is 1. The smallest absolute Gasteiger partial charge is 0.229 e. The highest BCUT2D eigenvalue weighted by Gasteiger charge is 2.33. The van der Waals surface area contributed by atoms with E-state index in [0.717, 1.165) is 24.4 Å². The summed E-state index contributed by atoms with van der Waals surface area (Å²) in [5, 5.41) is 3.83. The molecule has 1 aromatic rings. The van der Waals surface area contributed by atoms with Gasteiger partial charge < -0.3 is 10.2 Å². The van der Waals surface area contributed by atoms with Crippen molar-refractivity contribution in [2.24, 2.45) is 11.3 Å². The zero-order valence-corrected chi connectivity index (χ0v) is 15.1. The van der Waals surface area contributed by atoms with Crippen molar-refractivity contribution in [2.45, 2.75) is 38.6 Å². The Morgan fingerprint density at radius 2 is 2.09 bits per heavy atom. The highest BCUT2D eigenvalue weighted by atomic mass is 32.2. The third-order valence-corrected chi connectivity index (χ3v) is 4.59. The van der Waals surface area contributed by atoms with E-state index in [1.165, 1.54) is 0 Å². The number of nitrogens with zero attached hydrogens (tertiary/aromatic N) is 2. The number of hydrogen-bond acceptors (Lipinski definition) is 4. The van der Waals surface area contributed by atoms with Crippen LogP contribution in [0.3, 0.4) is 0 Å². The van der Waals surface area contributed by atoms with E-state index >= 15 is 0 Å². The fourth-order valence-corrected chi connectivity index (χ4v) is 3.03. The summed E-state index contributed by atoms with van der Waals surface area (Å²) in [6.07, 6.45) is 5.31. The van der Waals surface area contributed by atoms with Crippen LogP contribution in [0.4, 0.5) is 5.69 Å². The summed E-state index contributed by atoms with van der Waals surface area (Å²) in [7, 11) is 0. The minimum absolute atomic E-state index is 0.0323. The van der Waals surface area contributed by atoms with E-state index in [2.05, 4.69) is 10.3 Å². The fraction of sp³-hybridized carbons (Fsp3) is 0.588. The predicted molar refractivity (Wildman–Crippen MR) is 93.4 cm³/mol. The first-order valence-corrected chi connectivity index (χ1v) is 9.14.